The van der Waals surface area contributed by atoms with Crippen molar-refractivity contribution in [2.45, 2.75) is 35.1 Å². The maximum Gasteiger partial charge on any atom is 0.0992 e. The molecule has 5 heteroatoms. The standard InChI is InChI=1S/C20H21N3OS/c21-14-15-2-1-3-18(12-15)25(24)19-4-5-20-16(13-19)8-11-23(20)17-6-9-22-10-7-17/h1-5,12-13,17,22H,6-11H2. The van der Waals surface area contributed by atoms with Crippen molar-refractivity contribution in [2.24, 2.45) is 0 Å². The van der Waals surface area contributed by atoms with Gasteiger partial charge in [-0.3, -0.25) is 0 Å². The lowest BCUT2D eigenvalue weighted by Gasteiger charge is -2.33. The molecule has 4 rings (SSSR count). The van der Waals surface area contributed by atoms with E-state index in [-0.39, 0.29) is 0 Å². The van der Waals surface area contributed by atoms with E-state index in [2.05, 4.69) is 28.4 Å². The summed E-state index contributed by atoms with van der Waals surface area (Å²) in [5.74, 6) is 0. The Morgan fingerprint density at radius 3 is 2.72 bits per heavy atom. The molecule has 4 nitrogen and oxygen atoms in total. The van der Waals surface area contributed by atoms with Crippen LogP contribution >= 0.6 is 0 Å². The summed E-state index contributed by atoms with van der Waals surface area (Å²) < 4.78 is 12.9. The molecular weight excluding hydrogens is 330 g/mol. The van der Waals surface area contributed by atoms with Crippen LogP contribution in [-0.4, -0.2) is 29.9 Å². The second-order valence-electron chi connectivity index (χ2n) is 6.62. The Morgan fingerprint density at radius 2 is 1.92 bits per heavy atom. The van der Waals surface area contributed by atoms with E-state index in [1.54, 1.807) is 18.2 Å². The van der Waals surface area contributed by atoms with E-state index >= 15 is 0 Å². The molecule has 1 atom stereocenters. The SMILES string of the molecule is N#Cc1cccc(S(=O)c2ccc3c(c2)CCN3C2CCNCC2)c1. The highest BCUT2D eigenvalue weighted by Gasteiger charge is 2.27. The van der Waals surface area contributed by atoms with Gasteiger partial charge in [0.15, 0.2) is 0 Å². The molecule has 0 spiro atoms. The molecule has 0 amide bonds. The van der Waals surface area contributed by atoms with Gasteiger partial charge in [0.1, 0.15) is 0 Å². The zero-order chi connectivity index (χ0) is 17.2. The van der Waals surface area contributed by atoms with Crippen molar-refractivity contribution >= 4 is 16.5 Å². The molecule has 2 aromatic carbocycles. The first-order valence-electron chi connectivity index (χ1n) is 8.78. The lowest BCUT2D eigenvalue weighted by atomic mass is 10.0. The van der Waals surface area contributed by atoms with E-state index in [1.165, 1.54) is 24.1 Å². The molecule has 2 aromatic rings. The van der Waals surface area contributed by atoms with E-state index in [9.17, 15) is 4.21 Å². The minimum absolute atomic E-state index is 0.545. The number of piperidine rings is 1. The fourth-order valence-corrected chi connectivity index (χ4v) is 4.98. The lowest BCUT2D eigenvalue weighted by Crippen LogP contribution is -2.42. The number of hydrogen-bond donors (Lipinski definition) is 1. The fourth-order valence-electron chi connectivity index (χ4n) is 3.83. The van der Waals surface area contributed by atoms with E-state index in [1.807, 2.05) is 12.1 Å². The molecule has 25 heavy (non-hydrogen) atoms. The highest BCUT2D eigenvalue weighted by molar-refractivity contribution is 7.85. The molecule has 0 bridgehead atoms. The first-order valence-corrected chi connectivity index (χ1v) is 9.93. The largest absolute Gasteiger partial charge is 0.368 e. The molecule has 1 N–H and O–H groups in total. The van der Waals surface area contributed by atoms with E-state index in [0.717, 1.165) is 31.0 Å². The predicted octanol–water partition coefficient (Wildman–Crippen LogP) is 2.84. The summed E-state index contributed by atoms with van der Waals surface area (Å²) >= 11 is 0. The quantitative estimate of drug-likeness (QED) is 0.924. The van der Waals surface area contributed by atoms with Crippen LogP contribution in [-0.2, 0) is 17.2 Å². The Morgan fingerprint density at radius 1 is 1.12 bits per heavy atom. The molecule has 1 fully saturated rings. The minimum Gasteiger partial charge on any atom is -0.368 e. The van der Waals surface area contributed by atoms with Gasteiger partial charge in [0.25, 0.3) is 0 Å². The Balaban J connectivity index is 1.59. The number of nitriles is 1. The molecule has 0 radical (unpaired) electrons. The third-order valence-electron chi connectivity index (χ3n) is 5.12. The second-order valence-corrected chi connectivity index (χ2v) is 8.10. The zero-order valence-electron chi connectivity index (χ0n) is 14.1. The summed E-state index contributed by atoms with van der Waals surface area (Å²) in [6.07, 6.45) is 3.39. The number of anilines is 1. The highest BCUT2D eigenvalue weighted by atomic mass is 32.2. The maximum absolute atomic E-state index is 12.9. The Bertz CT molecular complexity index is 852. The molecule has 1 unspecified atom stereocenters. The van der Waals surface area contributed by atoms with Gasteiger partial charge in [-0.2, -0.15) is 5.26 Å². The van der Waals surface area contributed by atoms with Crippen molar-refractivity contribution in [3.05, 3.63) is 53.6 Å². The number of benzene rings is 2. The summed E-state index contributed by atoms with van der Waals surface area (Å²) in [4.78, 5) is 4.03. The normalized spacial score (nSPS) is 18.6. The van der Waals surface area contributed by atoms with Crippen molar-refractivity contribution in [3.63, 3.8) is 0 Å². The van der Waals surface area contributed by atoms with Crippen LogP contribution in [0.15, 0.2) is 52.3 Å². The van der Waals surface area contributed by atoms with Crippen molar-refractivity contribution < 1.29 is 4.21 Å². The van der Waals surface area contributed by atoms with Crippen LogP contribution in [0.1, 0.15) is 24.0 Å². The first kappa shape index (κ1) is 16.3. The van der Waals surface area contributed by atoms with E-state index < -0.39 is 10.8 Å². The Hall–Kier alpha value is -2.16. The predicted molar refractivity (Wildman–Crippen MR) is 99.2 cm³/mol. The Kier molecular flexibility index (Phi) is 4.56. The molecule has 0 aromatic heterocycles. The number of hydrogen-bond acceptors (Lipinski definition) is 4. The Labute approximate surface area is 150 Å². The van der Waals surface area contributed by atoms with Gasteiger partial charge in [0, 0.05) is 28.1 Å². The van der Waals surface area contributed by atoms with Crippen LogP contribution in [0.5, 0.6) is 0 Å². The van der Waals surface area contributed by atoms with Gasteiger partial charge < -0.3 is 10.2 Å². The van der Waals surface area contributed by atoms with Gasteiger partial charge in [0.2, 0.25) is 0 Å². The van der Waals surface area contributed by atoms with E-state index in [4.69, 9.17) is 5.26 Å². The summed E-state index contributed by atoms with van der Waals surface area (Å²) in [6.45, 7) is 3.24. The monoisotopic (exact) mass is 351 g/mol. The number of nitrogens with one attached hydrogen (secondary N) is 1. The van der Waals surface area contributed by atoms with Gasteiger partial charge in [-0.1, -0.05) is 6.07 Å². The fraction of sp³-hybridized carbons (Fsp3) is 0.350. The van der Waals surface area contributed by atoms with Crippen LogP contribution < -0.4 is 10.2 Å². The van der Waals surface area contributed by atoms with Crippen molar-refractivity contribution in [3.8, 4) is 6.07 Å². The summed E-state index contributed by atoms with van der Waals surface area (Å²) in [5, 5.41) is 12.5. The van der Waals surface area contributed by atoms with Crippen LogP contribution in [0.2, 0.25) is 0 Å². The van der Waals surface area contributed by atoms with Crippen molar-refractivity contribution in [1.82, 2.24) is 5.32 Å². The van der Waals surface area contributed by atoms with Crippen molar-refractivity contribution in [2.75, 3.05) is 24.5 Å². The summed E-state index contributed by atoms with van der Waals surface area (Å²) in [5.41, 5.74) is 3.14. The molecule has 2 heterocycles. The highest BCUT2D eigenvalue weighted by Crippen LogP contribution is 2.34. The maximum atomic E-state index is 12.9. The van der Waals surface area contributed by atoms with Crippen LogP contribution in [0.25, 0.3) is 0 Å². The van der Waals surface area contributed by atoms with Gasteiger partial charge >= 0.3 is 0 Å². The number of fused-ring (bicyclic) bond motifs is 1. The molecule has 0 aliphatic carbocycles. The molecule has 128 valence electrons. The van der Waals surface area contributed by atoms with Crippen LogP contribution in [0, 0.1) is 11.3 Å². The number of nitrogens with zero attached hydrogens (tertiary/aromatic N) is 2. The van der Waals surface area contributed by atoms with Gasteiger partial charge in [-0.15, -0.1) is 0 Å². The van der Waals surface area contributed by atoms with Gasteiger partial charge in [-0.25, -0.2) is 4.21 Å². The average Bonchev–Trinajstić information content (AvgIpc) is 3.11. The average molecular weight is 351 g/mol. The first-order chi connectivity index (χ1) is 12.3. The van der Waals surface area contributed by atoms with Gasteiger partial charge in [0.05, 0.1) is 22.4 Å². The molecule has 2 aliphatic rings. The van der Waals surface area contributed by atoms with E-state index in [0.29, 0.717) is 16.5 Å². The smallest absolute Gasteiger partial charge is 0.0992 e. The van der Waals surface area contributed by atoms with Gasteiger partial charge in [-0.05, 0) is 74.3 Å². The summed E-state index contributed by atoms with van der Waals surface area (Å²) in [7, 11) is -1.25. The topological polar surface area (TPSA) is 56.1 Å². The number of rotatable bonds is 3. The van der Waals surface area contributed by atoms with Crippen LogP contribution in [0.3, 0.4) is 0 Å². The second kappa shape index (κ2) is 6.99. The molecule has 1 saturated heterocycles. The molecular formula is C20H21N3OS. The third kappa shape index (κ3) is 3.20. The third-order valence-corrected chi connectivity index (χ3v) is 6.49. The molecule has 2 aliphatic heterocycles. The van der Waals surface area contributed by atoms with Crippen molar-refractivity contribution in [1.29, 1.82) is 5.26 Å². The van der Waals surface area contributed by atoms with Crippen LogP contribution in [0.4, 0.5) is 5.69 Å². The minimum atomic E-state index is -1.25. The zero-order valence-corrected chi connectivity index (χ0v) is 14.9. The molecule has 0 saturated carbocycles. The summed E-state index contributed by atoms with van der Waals surface area (Å²) in [6, 6.07) is 16.0. The lowest BCUT2D eigenvalue weighted by molar-refractivity contribution is 0.435.